The predicted molar refractivity (Wildman–Crippen MR) is 113 cm³/mol. The van der Waals surface area contributed by atoms with Gasteiger partial charge in [-0.25, -0.2) is 4.39 Å². The molecule has 0 aromatic heterocycles. The number of guanidine groups is 1. The third-order valence-electron chi connectivity index (χ3n) is 5.85. The minimum Gasteiger partial charge on any atom is -0.486 e. The number of halogens is 1. The Bertz CT molecular complexity index is 706. The highest BCUT2D eigenvalue weighted by molar-refractivity contribution is 5.81. The maximum absolute atomic E-state index is 13.8. The molecule has 2 atom stereocenters. The SMILES string of the molecule is CCC(CNC(=NC)NC1CCN(C(=O)C2CCCC2)C1)Oc1ccccc1F. The van der Waals surface area contributed by atoms with Crippen LogP contribution in [0.4, 0.5) is 4.39 Å². The van der Waals surface area contributed by atoms with Gasteiger partial charge in [0.05, 0.1) is 6.54 Å². The third kappa shape index (κ3) is 5.84. The molecule has 2 N–H and O–H groups in total. The van der Waals surface area contributed by atoms with Gasteiger partial charge in [-0.1, -0.05) is 31.9 Å². The van der Waals surface area contributed by atoms with E-state index in [9.17, 15) is 9.18 Å². The monoisotopic (exact) mass is 404 g/mol. The molecule has 29 heavy (non-hydrogen) atoms. The van der Waals surface area contributed by atoms with Crippen LogP contribution in [0.15, 0.2) is 29.3 Å². The van der Waals surface area contributed by atoms with Gasteiger partial charge in [-0.15, -0.1) is 0 Å². The van der Waals surface area contributed by atoms with Crippen LogP contribution in [-0.2, 0) is 4.79 Å². The molecule has 0 radical (unpaired) electrons. The minimum absolute atomic E-state index is 0.172. The number of likely N-dealkylation sites (tertiary alicyclic amines) is 1. The molecule has 1 amide bonds. The molecule has 2 unspecified atom stereocenters. The Hall–Kier alpha value is -2.31. The highest BCUT2D eigenvalue weighted by atomic mass is 19.1. The van der Waals surface area contributed by atoms with Crippen LogP contribution in [0, 0.1) is 11.7 Å². The van der Waals surface area contributed by atoms with E-state index in [0.29, 0.717) is 18.4 Å². The van der Waals surface area contributed by atoms with Crippen LogP contribution in [0.3, 0.4) is 0 Å². The number of benzene rings is 1. The van der Waals surface area contributed by atoms with Crippen molar-refractivity contribution in [3.63, 3.8) is 0 Å². The van der Waals surface area contributed by atoms with Crippen molar-refractivity contribution in [2.45, 2.75) is 57.6 Å². The number of carbonyl (C=O) groups excluding carboxylic acids is 1. The smallest absolute Gasteiger partial charge is 0.225 e. The molecule has 1 saturated heterocycles. The molecule has 3 rings (SSSR count). The van der Waals surface area contributed by atoms with Gasteiger partial charge in [0, 0.05) is 32.1 Å². The van der Waals surface area contributed by atoms with Crippen molar-refractivity contribution in [2.75, 3.05) is 26.7 Å². The summed E-state index contributed by atoms with van der Waals surface area (Å²) >= 11 is 0. The number of para-hydroxylation sites is 1. The van der Waals surface area contributed by atoms with Gasteiger partial charge >= 0.3 is 0 Å². The average molecular weight is 405 g/mol. The third-order valence-corrected chi connectivity index (χ3v) is 5.85. The molecule has 1 aromatic rings. The van der Waals surface area contributed by atoms with Crippen LogP contribution in [0.1, 0.15) is 45.4 Å². The lowest BCUT2D eigenvalue weighted by Crippen LogP contribution is -2.47. The van der Waals surface area contributed by atoms with Gasteiger partial charge in [-0.05, 0) is 37.8 Å². The standard InChI is InChI=1S/C22H33FN4O2/c1-3-18(29-20-11-7-6-10-19(20)23)14-25-22(24-2)26-17-12-13-27(15-17)21(28)16-8-4-5-9-16/h6-7,10-11,16-18H,3-5,8-9,12-15H2,1-2H3,(H2,24,25,26). The van der Waals surface area contributed by atoms with Gasteiger partial charge in [-0.3, -0.25) is 9.79 Å². The number of rotatable bonds is 7. The lowest BCUT2D eigenvalue weighted by molar-refractivity contribution is -0.134. The molecule has 1 saturated carbocycles. The van der Waals surface area contributed by atoms with Gasteiger partial charge in [0.1, 0.15) is 6.10 Å². The summed E-state index contributed by atoms with van der Waals surface area (Å²) in [6, 6.07) is 6.64. The molecule has 0 spiro atoms. The van der Waals surface area contributed by atoms with Crippen LogP contribution < -0.4 is 15.4 Å². The van der Waals surface area contributed by atoms with Crippen LogP contribution in [0.5, 0.6) is 5.75 Å². The zero-order chi connectivity index (χ0) is 20.6. The number of hydrogen-bond donors (Lipinski definition) is 2. The van der Waals surface area contributed by atoms with Crippen LogP contribution in [0.25, 0.3) is 0 Å². The van der Waals surface area contributed by atoms with Crippen molar-refractivity contribution < 1.29 is 13.9 Å². The Kier molecular flexibility index (Phi) is 7.72. The molecule has 1 aromatic carbocycles. The summed E-state index contributed by atoms with van der Waals surface area (Å²) in [5.41, 5.74) is 0. The van der Waals surface area contributed by atoms with Gasteiger partial charge in [0.2, 0.25) is 5.91 Å². The molecular weight excluding hydrogens is 371 g/mol. The number of hydrogen-bond acceptors (Lipinski definition) is 3. The molecule has 6 nitrogen and oxygen atoms in total. The summed E-state index contributed by atoms with van der Waals surface area (Å²) in [4.78, 5) is 18.9. The Labute approximate surface area is 172 Å². The van der Waals surface area contributed by atoms with Crippen molar-refractivity contribution in [1.29, 1.82) is 0 Å². The average Bonchev–Trinajstić information content (AvgIpc) is 3.43. The number of amides is 1. The number of nitrogens with zero attached hydrogens (tertiary/aromatic N) is 2. The normalized spacial score (nSPS) is 21.3. The predicted octanol–water partition coefficient (Wildman–Crippen LogP) is 2.94. The summed E-state index contributed by atoms with van der Waals surface area (Å²) in [7, 11) is 1.73. The molecule has 0 bridgehead atoms. The number of carbonyl (C=O) groups is 1. The number of nitrogens with one attached hydrogen (secondary N) is 2. The Balaban J connectivity index is 1.45. The fourth-order valence-electron chi connectivity index (χ4n) is 4.10. The molecule has 7 heteroatoms. The molecule has 2 aliphatic rings. The van der Waals surface area contributed by atoms with Gasteiger partial charge in [0.25, 0.3) is 0 Å². The van der Waals surface area contributed by atoms with E-state index in [1.54, 1.807) is 25.2 Å². The second kappa shape index (κ2) is 10.5. The van der Waals surface area contributed by atoms with Gasteiger partial charge < -0.3 is 20.3 Å². The molecule has 2 fully saturated rings. The zero-order valence-corrected chi connectivity index (χ0v) is 17.5. The van der Waals surface area contributed by atoms with Crippen molar-refractivity contribution in [2.24, 2.45) is 10.9 Å². The van der Waals surface area contributed by atoms with Crippen molar-refractivity contribution in [3.8, 4) is 5.75 Å². The van der Waals surface area contributed by atoms with E-state index in [-0.39, 0.29) is 29.6 Å². The summed E-state index contributed by atoms with van der Waals surface area (Å²) < 4.78 is 19.6. The first-order chi connectivity index (χ1) is 14.1. The van der Waals surface area contributed by atoms with E-state index >= 15 is 0 Å². The highest BCUT2D eigenvalue weighted by Gasteiger charge is 2.32. The first-order valence-corrected chi connectivity index (χ1v) is 10.8. The Morgan fingerprint density at radius 2 is 2.07 bits per heavy atom. The largest absolute Gasteiger partial charge is 0.486 e. The van der Waals surface area contributed by atoms with Crippen molar-refractivity contribution >= 4 is 11.9 Å². The molecule has 1 heterocycles. The maximum Gasteiger partial charge on any atom is 0.225 e. The lowest BCUT2D eigenvalue weighted by atomic mass is 10.1. The van der Waals surface area contributed by atoms with E-state index in [2.05, 4.69) is 15.6 Å². The van der Waals surface area contributed by atoms with E-state index in [4.69, 9.17) is 4.74 Å². The zero-order valence-electron chi connectivity index (χ0n) is 17.5. The summed E-state index contributed by atoms with van der Waals surface area (Å²) in [6.45, 7) is 4.05. The Morgan fingerprint density at radius 3 is 2.76 bits per heavy atom. The summed E-state index contributed by atoms with van der Waals surface area (Å²) in [5.74, 6) is 1.14. The quantitative estimate of drug-likeness (QED) is 0.542. The van der Waals surface area contributed by atoms with Gasteiger partial charge in [0.15, 0.2) is 17.5 Å². The van der Waals surface area contributed by atoms with E-state index in [0.717, 1.165) is 38.8 Å². The fourth-order valence-corrected chi connectivity index (χ4v) is 4.10. The van der Waals surface area contributed by atoms with Crippen LogP contribution in [-0.4, -0.2) is 55.6 Å². The first-order valence-electron chi connectivity index (χ1n) is 10.8. The van der Waals surface area contributed by atoms with E-state index < -0.39 is 0 Å². The van der Waals surface area contributed by atoms with E-state index in [1.807, 2.05) is 11.8 Å². The van der Waals surface area contributed by atoms with Gasteiger partial charge in [-0.2, -0.15) is 0 Å². The molecule has 1 aliphatic heterocycles. The molecule has 160 valence electrons. The second-order valence-corrected chi connectivity index (χ2v) is 7.93. The van der Waals surface area contributed by atoms with Crippen LogP contribution in [0.2, 0.25) is 0 Å². The lowest BCUT2D eigenvalue weighted by Gasteiger charge is -2.23. The number of ether oxygens (including phenoxy) is 1. The minimum atomic E-state index is -0.355. The van der Waals surface area contributed by atoms with Crippen molar-refractivity contribution in [1.82, 2.24) is 15.5 Å². The second-order valence-electron chi connectivity index (χ2n) is 7.93. The highest BCUT2D eigenvalue weighted by Crippen LogP contribution is 2.27. The summed E-state index contributed by atoms with van der Waals surface area (Å²) in [6.07, 6.45) is 5.92. The summed E-state index contributed by atoms with van der Waals surface area (Å²) in [5, 5.41) is 6.69. The first kappa shape index (κ1) is 21.4. The Morgan fingerprint density at radius 1 is 1.31 bits per heavy atom. The molecule has 1 aliphatic carbocycles. The maximum atomic E-state index is 13.8. The van der Waals surface area contributed by atoms with Crippen LogP contribution >= 0.6 is 0 Å². The fraction of sp³-hybridized carbons (Fsp3) is 0.636. The topological polar surface area (TPSA) is 66.0 Å². The van der Waals surface area contributed by atoms with E-state index in [1.165, 1.54) is 18.9 Å². The molecular formula is C22H33FN4O2. The van der Waals surface area contributed by atoms with Crippen molar-refractivity contribution in [3.05, 3.63) is 30.1 Å². The number of aliphatic imine (C=N–C) groups is 1.